The monoisotopic (exact) mass is 511 g/mol. The lowest BCUT2D eigenvalue weighted by molar-refractivity contribution is 0.0520. The molecule has 0 spiro atoms. The summed E-state index contributed by atoms with van der Waals surface area (Å²) in [4.78, 5) is 38.9. The van der Waals surface area contributed by atoms with Crippen LogP contribution in [-0.2, 0) is 4.74 Å². The largest absolute Gasteiger partial charge is 0.461 e. The summed E-state index contributed by atoms with van der Waals surface area (Å²) in [6.45, 7) is 3.80. The zero-order valence-electron chi connectivity index (χ0n) is 17.2. The number of nitrogens with zero attached hydrogens (tertiary/aromatic N) is 2. The van der Waals surface area contributed by atoms with Gasteiger partial charge in [0.15, 0.2) is 5.69 Å². The molecule has 0 unspecified atom stereocenters. The van der Waals surface area contributed by atoms with Gasteiger partial charge >= 0.3 is 5.97 Å². The van der Waals surface area contributed by atoms with Crippen LogP contribution in [0.1, 0.15) is 33.3 Å². The Morgan fingerprint density at radius 3 is 2.56 bits per heavy atom. The Kier molecular flexibility index (Phi) is 6.20. The lowest BCUT2D eigenvalue weighted by atomic mass is 10.2. The Balaban J connectivity index is 1.89. The Morgan fingerprint density at radius 1 is 1.16 bits per heavy atom. The number of anilines is 1. The van der Waals surface area contributed by atoms with Gasteiger partial charge < -0.3 is 10.1 Å². The van der Waals surface area contributed by atoms with Crippen LogP contribution in [0, 0.1) is 6.92 Å². The minimum atomic E-state index is -0.639. The molecule has 2 heterocycles. The van der Waals surface area contributed by atoms with Crippen molar-refractivity contribution in [2.24, 2.45) is 0 Å². The zero-order valence-corrected chi connectivity index (χ0v) is 19.6. The normalized spacial score (nSPS) is 10.8. The first-order valence-corrected chi connectivity index (χ1v) is 11.4. The third kappa shape index (κ3) is 4.09. The average Bonchev–Trinajstić information content (AvgIpc) is 3.19. The molecule has 0 aliphatic rings. The van der Waals surface area contributed by atoms with Crippen molar-refractivity contribution in [3.8, 4) is 5.69 Å². The highest BCUT2D eigenvalue weighted by atomic mass is 79.9. The van der Waals surface area contributed by atoms with E-state index in [1.807, 2.05) is 19.1 Å². The number of benzene rings is 2. The molecule has 0 saturated carbocycles. The van der Waals surface area contributed by atoms with Crippen LogP contribution in [0.15, 0.2) is 63.2 Å². The smallest absolute Gasteiger partial charge is 0.359 e. The molecular formula is C23H18BrN3O4S. The highest BCUT2D eigenvalue weighted by Gasteiger charge is 2.23. The van der Waals surface area contributed by atoms with Crippen LogP contribution >= 0.6 is 27.3 Å². The Labute approximate surface area is 195 Å². The second-order valence-electron chi connectivity index (χ2n) is 6.91. The van der Waals surface area contributed by atoms with Crippen molar-refractivity contribution < 1.29 is 14.3 Å². The summed E-state index contributed by atoms with van der Waals surface area (Å²) in [5.41, 5.74) is 1.51. The predicted molar refractivity (Wildman–Crippen MR) is 128 cm³/mol. The van der Waals surface area contributed by atoms with E-state index in [9.17, 15) is 14.4 Å². The van der Waals surface area contributed by atoms with E-state index in [1.54, 1.807) is 48.7 Å². The second-order valence-corrected chi connectivity index (χ2v) is 8.64. The topological polar surface area (TPSA) is 90.3 Å². The summed E-state index contributed by atoms with van der Waals surface area (Å²) in [5, 5.41) is 9.61. The molecule has 1 N–H and O–H groups in total. The molecule has 0 atom stereocenters. The fourth-order valence-corrected chi connectivity index (χ4v) is 4.57. The number of halogens is 1. The summed E-state index contributed by atoms with van der Waals surface area (Å²) in [6, 6.07) is 14.2. The fraction of sp³-hybridized carbons (Fsp3) is 0.130. The van der Waals surface area contributed by atoms with Gasteiger partial charge in [0.2, 0.25) is 0 Å². The molecule has 32 heavy (non-hydrogen) atoms. The van der Waals surface area contributed by atoms with Crippen molar-refractivity contribution in [2.45, 2.75) is 13.8 Å². The Bertz CT molecular complexity index is 1390. The van der Waals surface area contributed by atoms with Gasteiger partial charge in [-0.15, -0.1) is 11.3 Å². The first-order valence-electron chi connectivity index (χ1n) is 9.75. The number of aryl methyl sites for hydroxylation is 1. The van der Waals surface area contributed by atoms with Gasteiger partial charge in [-0.05, 0) is 54.0 Å². The minimum absolute atomic E-state index is 0.0136. The number of rotatable bonds is 5. The van der Waals surface area contributed by atoms with Crippen LogP contribution in [-0.4, -0.2) is 28.3 Å². The fourth-order valence-electron chi connectivity index (χ4n) is 3.17. The summed E-state index contributed by atoms with van der Waals surface area (Å²) < 4.78 is 6.95. The molecule has 2 aromatic heterocycles. The van der Waals surface area contributed by atoms with E-state index >= 15 is 0 Å². The van der Waals surface area contributed by atoms with E-state index in [0.29, 0.717) is 26.1 Å². The van der Waals surface area contributed by atoms with Gasteiger partial charge in [0.25, 0.3) is 11.5 Å². The van der Waals surface area contributed by atoms with Gasteiger partial charge in [0.1, 0.15) is 5.00 Å². The lowest BCUT2D eigenvalue weighted by Crippen LogP contribution is -2.25. The van der Waals surface area contributed by atoms with Crippen molar-refractivity contribution >= 4 is 54.9 Å². The maximum absolute atomic E-state index is 13.4. The number of aromatic nitrogens is 2. The van der Waals surface area contributed by atoms with Crippen molar-refractivity contribution in [3.05, 3.63) is 85.6 Å². The van der Waals surface area contributed by atoms with Crippen LogP contribution in [0.4, 0.5) is 5.00 Å². The molecule has 0 radical (unpaired) electrons. The molecule has 4 rings (SSSR count). The Morgan fingerprint density at radius 2 is 1.88 bits per heavy atom. The minimum Gasteiger partial charge on any atom is -0.461 e. The Hall–Kier alpha value is -3.30. The number of ether oxygens (including phenoxy) is 1. The number of nitrogens with one attached hydrogen (secondary N) is 1. The molecule has 2 aromatic carbocycles. The zero-order chi connectivity index (χ0) is 22.8. The molecule has 4 aromatic rings. The molecule has 9 heteroatoms. The molecule has 7 nitrogen and oxygen atoms in total. The number of hydrogen-bond acceptors (Lipinski definition) is 6. The standard InChI is InChI=1S/C23H18BrN3O4S/c1-3-31-23(30)19-16-12-32-21(25-20(28)15-6-4-5-7-17(15)24)18(16)22(29)27(26-19)14-10-8-13(2)9-11-14/h4-12H,3H2,1-2H3,(H,25,28). The van der Waals surface area contributed by atoms with E-state index in [0.717, 1.165) is 21.6 Å². The molecule has 0 fully saturated rings. The summed E-state index contributed by atoms with van der Waals surface area (Å²) in [5.74, 6) is -1.02. The van der Waals surface area contributed by atoms with E-state index in [1.165, 1.54) is 0 Å². The summed E-state index contributed by atoms with van der Waals surface area (Å²) in [7, 11) is 0. The van der Waals surface area contributed by atoms with Crippen LogP contribution < -0.4 is 10.9 Å². The predicted octanol–water partition coefficient (Wildman–Crippen LogP) is 4.95. The number of fused-ring (bicyclic) bond motifs is 1. The van der Waals surface area contributed by atoms with Gasteiger partial charge in [0.05, 0.1) is 23.2 Å². The number of carbonyl (C=O) groups is 2. The van der Waals surface area contributed by atoms with Gasteiger partial charge in [-0.1, -0.05) is 29.8 Å². The van der Waals surface area contributed by atoms with Gasteiger partial charge in [-0.3, -0.25) is 9.59 Å². The number of hydrogen-bond donors (Lipinski definition) is 1. The molecule has 162 valence electrons. The first kappa shape index (κ1) is 21.9. The maximum Gasteiger partial charge on any atom is 0.359 e. The van der Waals surface area contributed by atoms with E-state index in [-0.39, 0.29) is 23.6 Å². The van der Waals surface area contributed by atoms with Gasteiger partial charge in [0, 0.05) is 15.2 Å². The van der Waals surface area contributed by atoms with Crippen molar-refractivity contribution in [1.82, 2.24) is 9.78 Å². The van der Waals surface area contributed by atoms with E-state index in [4.69, 9.17) is 4.74 Å². The van der Waals surface area contributed by atoms with Crippen LogP contribution in [0.5, 0.6) is 0 Å². The molecular weight excluding hydrogens is 494 g/mol. The molecule has 0 aliphatic heterocycles. The molecule has 0 bridgehead atoms. The number of carbonyl (C=O) groups excluding carboxylic acids is 2. The van der Waals surface area contributed by atoms with Crippen molar-refractivity contribution in [1.29, 1.82) is 0 Å². The van der Waals surface area contributed by atoms with Gasteiger partial charge in [-0.25, -0.2) is 4.79 Å². The quantitative estimate of drug-likeness (QED) is 0.383. The SMILES string of the molecule is CCOC(=O)c1nn(-c2ccc(C)cc2)c(=O)c2c(NC(=O)c3ccccc3Br)scc12. The third-order valence-corrected chi connectivity index (χ3v) is 6.33. The van der Waals surface area contributed by atoms with E-state index in [2.05, 4.69) is 26.3 Å². The molecule has 0 saturated heterocycles. The van der Waals surface area contributed by atoms with Crippen LogP contribution in [0.2, 0.25) is 0 Å². The lowest BCUT2D eigenvalue weighted by Gasteiger charge is -2.10. The van der Waals surface area contributed by atoms with Crippen molar-refractivity contribution in [3.63, 3.8) is 0 Å². The first-order chi connectivity index (χ1) is 15.4. The van der Waals surface area contributed by atoms with Crippen molar-refractivity contribution in [2.75, 3.05) is 11.9 Å². The summed E-state index contributed by atoms with van der Waals surface area (Å²) >= 11 is 4.52. The molecule has 1 amide bonds. The maximum atomic E-state index is 13.4. The highest BCUT2D eigenvalue weighted by Crippen LogP contribution is 2.31. The highest BCUT2D eigenvalue weighted by molar-refractivity contribution is 9.10. The van der Waals surface area contributed by atoms with Crippen LogP contribution in [0.25, 0.3) is 16.5 Å². The third-order valence-electron chi connectivity index (χ3n) is 4.75. The number of thiophene rings is 1. The number of esters is 1. The molecule has 0 aliphatic carbocycles. The van der Waals surface area contributed by atoms with E-state index < -0.39 is 11.5 Å². The number of amides is 1. The van der Waals surface area contributed by atoms with Gasteiger partial charge in [-0.2, -0.15) is 9.78 Å². The average molecular weight is 512 g/mol. The van der Waals surface area contributed by atoms with Crippen LogP contribution in [0.3, 0.4) is 0 Å². The second kappa shape index (κ2) is 9.05. The summed E-state index contributed by atoms with van der Waals surface area (Å²) in [6.07, 6.45) is 0.